The first kappa shape index (κ1) is 63.3. The summed E-state index contributed by atoms with van der Waals surface area (Å²) in [5.41, 5.74) is 0. The zero-order chi connectivity index (χ0) is 48.6. The second-order valence-electron chi connectivity index (χ2n) is 18.1. The molecule has 0 amide bonds. The summed E-state index contributed by atoms with van der Waals surface area (Å²) >= 11 is 0. The fourth-order valence-corrected chi connectivity index (χ4v) is 7.42. The highest BCUT2D eigenvalue weighted by Gasteiger charge is 2.19. The molecule has 0 aromatic rings. The van der Waals surface area contributed by atoms with E-state index in [4.69, 9.17) is 14.2 Å². The molecule has 0 aromatic carbocycles. The van der Waals surface area contributed by atoms with Crippen molar-refractivity contribution in [2.24, 2.45) is 0 Å². The van der Waals surface area contributed by atoms with Gasteiger partial charge in [-0.15, -0.1) is 0 Å². The van der Waals surface area contributed by atoms with E-state index in [0.717, 1.165) is 135 Å². The molecule has 0 rings (SSSR count). The van der Waals surface area contributed by atoms with E-state index >= 15 is 0 Å². The van der Waals surface area contributed by atoms with Gasteiger partial charge < -0.3 is 14.2 Å². The van der Waals surface area contributed by atoms with Gasteiger partial charge in [0.25, 0.3) is 0 Å². The molecule has 0 spiro atoms. The van der Waals surface area contributed by atoms with Gasteiger partial charge in [-0.3, -0.25) is 14.4 Å². The fourth-order valence-electron chi connectivity index (χ4n) is 7.42. The molecule has 0 aromatic heterocycles. The van der Waals surface area contributed by atoms with Crippen LogP contribution in [0.2, 0.25) is 0 Å². The van der Waals surface area contributed by atoms with Crippen LogP contribution in [0.15, 0.2) is 97.2 Å². The predicted octanol–water partition coefficient (Wildman–Crippen LogP) is 18.5. The Morgan fingerprint density at radius 1 is 0.313 bits per heavy atom. The van der Waals surface area contributed by atoms with Gasteiger partial charge in [-0.05, 0) is 96.3 Å². The monoisotopic (exact) mass is 931 g/mol. The Kier molecular flexibility index (Phi) is 51.9. The second-order valence-corrected chi connectivity index (χ2v) is 18.1. The van der Waals surface area contributed by atoms with Gasteiger partial charge in [0.05, 0.1) is 0 Å². The number of unbranched alkanes of at least 4 members (excludes halogenated alkanes) is 22. The number of esters is 3. The molecule has 67 heavy (non-hydrogen) atoms. The van der Waals surface area contributed by atoms with E-state index in [1.54, 1.807) is 0 Å². The molecule has 1 unspecified atom stereocenters. The van der Waals surface area contributed by atoms with Gasteiger partial charge in [-0.2, -0.15) is 0 Å². The first-order valence-electron chi connectivity index (χ1n) is 27.7. The van der Waals surface area contributed by atoms with Crippen molar-refractivity contribution in [1.29, 1.82) is 0 Å². The van der Waals surface area contributed by atoms with Crippen LogP contribution >= 0.6 is 0 Å². The molecule has 0 N–H and O–H groups in total. The van der Waals surface area contributed by atoms with Gasteiger partial charge >= 0.3 is 17.9 Å². The quantitative estimate of drug-likeness (QED) is 0.0262. The van der Waals surface area contributed by atoms with Gasteiger partial charge in [0.1, 0.15) is 13.2 Å². The molecule has 0 bridgehead atoms. The molecule has 6 nitrogen and oxygen atoms in total. The lowest BCUT2D eigenvalue weighted by Crippen LogP contribution is -2.30. The molecule has 0 fully saturated rings. The summed E-state index contributed by atoms with van der Waals surface area (Å²) in [7, 11) is 0. The summed E-state index contributed by atoms with van der Waals surface area (Å²) in [6.07, 6.45) is 72.6. The Morgan fingerprint density at radius 3 is 0.985 bits per heavy atom. The summed E-state index contributed by atoms with van der Waals surface area (Å²) in [6, 6.07) is 0. The van der Waals surface area contributed by atoms with E-state index in [2.05, 4.69) is 118 Å². The number of allylic oxidation sites excluding steroid dienone is 16. The summed E-state index contributed by atoms with van der Waals surface area (Å²) in [6.45, 7) is 6.43. The minimum atomic E-state index is -0.786. The van der Waals surface area contributed by atoms with E-state index in [0.29, 0.717) is 19.3 Å². The number of hydrogen-bond acceptors (Lipinski definition) is 6. The Morgan fingerprint density at radius 2 is 0.612 bits per heavy atom. The maximum absolute atomic E-state index is 12.8. The topological polar surface area (TPSA) is 78.9 Å². The number of ether oxygens (including phenoxy) is 3. The summed E-state index contributed by atoms with van der Waals surface area (Å²) < 4.78 is 16.8. The van der Waals surface area contributed by atoms with Crippen molar-refractivity contribution >= 4 is 17.9 Å². The molecule has 0 saturated carbocycles. The average Bonchev–Trinajstić information content (AvgIpc) is 3.33. The van der Waals surface area contributed by atoms with Crippen LogP contribution in [0.3, 0.4) is 0 Å². The minimum Gasteiger partial charge on any atom is -0.462 e. The molecule has 0 aliphatic heterocycles. The van der Waals surface area contributed by atoms with Gasteiger partial charge in [0, 0.05) is 19.3 Å². The van der Waals surface area contributed by atoms with Crippen LogP contribution in [0.1, 0.15) is 252 Å². The maximum Gasteiger partial charge on any atom is 0.306 e. The standard InChI is InChI=1S/C61H102O6/c1-4-7-10-13-16-19-22-24-25-26-27-28-29-30-31-32-33-34-35-36-37-38-40-42-45-48-51-54-60(63)66-57-58(56-65-59(62)53-50-47-44-41-21-18-15-12-9-6-3)67-61(64)55-52-49-46-43-39-23-20-17-14-11-8-5-2/h7,10,12,15-16,19,24-25,27-28,30-31,33-34,36-37,58H,4-6,8-9,11,13-14,17-18,20-23,26,29,32,35,38-57H2,1-3H3/b10-7-,15-12-,19-16-,25-24-,28-27-,31-30-,34-33-,37-36-. The smallest absolute Gasteiger partial charge is 0.306 e. The van der Waals surface area contributed by atoms with E-state index in [9.17, 15) is 14.4 Å². The largest absolute Gasteiger partial charge is 0.462 e. The third-order valence-electron chi connectivity index (χ3n) is 11.6. The van der Waals surface area contributed by atoms with Gasteiger partial charge in [0.2, 0.25) is 0 Å². The molecular formula is C61H102O6. The lowest BCUT2D eigenvalue weighted by molar-refractivity contribution is -0.167. The van der Waals surface area contributed by atoms with Crippen LogP contribution in [0.4, 0.5) is 0 Å². The molecule has 382 valence electrons. The van der Waals surface area contributed by atoms with Crippen LogP contribution in [0.25, 0.3) is 0 Å². The Bertz CT molecular complexity index is 1350. The average molecular weight is 931 g/mol. The Hall–Kier alpha value is -3.67. The SMILES string of the molecule is CC/C=C\C/C=C\C/C=C\C/C=C\C/C=C\C/C=C\C/C=C\CCCCCCCC(=O)OCC(COC(=O)CCCCCCC/C=C\CCC)OC(=O)CCCCCCCCCCCCCC. The Balaban J connectivity index is 4.29. The normalized spacial score (nSPS) is 12.8. The first-order chi connectivity index (χ1) is 33.0. The highest BCUT2D eigenvalue weighted by atomic mass is 16.6. The molecule has 0 radical (unpaired) electrons. The highest BCUT2D eigenvalue weighted by molar-refractivity contribution is 5.71. The lowest BCUT2D eigenvalue weighted by Gasteiger charge is -2.18. The third-order valence-corrected chi connectivity index (χ3v) is 11.6. The molecule has 6 heteroatoms. The zero-order valence-electron chi connectivity index (χ0n) is 43.6. The van der Waals surface area contributed by atoms with Gasteiger partial charge in [-0.25, -0.2) is 0 Å². The summed E-state index contributed by atoms with van der Waals surface area (Å²) in [5, 5.41) is 0. The third kappa shape index (κ3) is 53.2. The summed E-state index contributed by atoms with van der Waals surface area (Å²) in [5.74, 6) is -0.917. The van der Waals surface area contributed by atoms with Crippen molar-refractivity contribution in [3.05, 3.63) is 97.2 Å². The lowest BCUT2D eigenvalue weighted by atomic mass is 10.0. The number of hydrogen-bond donors (Lipinski definition) is 0. The van der Waals surface area contributed by atoms with E-state index < -0.39 is 6.10 Å². The second kappa shape index (κ2) is 54.9. The molecule has 0 aliphatic carbocycles. The van der Waals surface area contributed by atoms with Crippen LogP contribution < -0.4 is 0 Å². The first-order valence-corrected chi connectivity index (χ1v) is 27.7. The van der Waals surface area contributed by atoms with Crippen LogP contribution in [-0.4, -0.2) is 37.2 Å². The van der Waals surface area contributed by atoms with E-state index in [1.807, 2.05) is 0 Å². The Labute approximate surface area is 413 Å². The van der Waals surface area contributed by atoms with E-state index in [1.165, 1.54) is 77.0 Å². The highest BCUT2D eigenvalue weighted by Crippen LogP contribution is 2.15. The molecule has 0 heterocycles. The van der Waals surface area contributed by atoms with Gasteiger partial charge in [0.15, 0.2) is 6.10 Å². The van der Waals surface area contributed by atoms with Crippen molar-refractivity contribution in [3.8, 4) is 0 Å². The van der Waals surface area contributed by atoms with Crippen molar-refractivity contribution in [3.63, 3.8) is 0 Å². The van der Waals surface area contributed by atoms with Crippen molar-refractivity contribution in [2.45, 2.75) is 258 Å². The van der Waals surface area contributed by atoms with Crippen LogP contribution in [-0.2, 0) is 28.6 Å². The molecule has 1 atom stereocenters. The van der Waals surface area contributed by atoms with Crippen molar-refractivity contribution in [2.75, 3.05) is 13.2 Å². The van der Waals surface area contributed by atoms with Crippen molar-refractivity contribution < 1.29 is 28.6 Å². The minimum absolute atomic E-state index is 0.0871. The number of rotatable bonds is 49. The summed E-state index contributed by atoms with van der Waals surface area (Å²) in [4.78, 5) is 38.0. The fraction of sp³-hybridized carbons (Fsp3) is 0.689. The maximum atomic E-state index is 12.8. The molecular weight excluding hydrogens is 829 g/mol. The molecule has 0 aliphatic rings. The van der Waals surface area contributed by atoms with E-state index in [-0.39, 0.29) is 31.1 Å². The predicted molar refractivity (Wildman–Crippen MR) is 288 cm³/mol. The molecule has 0 saturated heterocycles. The van der Waals surface area contributed by atoms with Gasteiger partial charge in [-0.1, -0.05) is 234 Å². The van der Waals surface area contributed by atoms with Crippen molar-refractivity contribution in [1.82, 2.24) is 0 Å². The number of carbonyl (C=O) groups is 3. The number of carbonyl (C=O) groups excluding carboxylic acids is 3. The zero-order valence-corrected chi connectivity index (χ0v) is 43.6. The van der Waals surface area contributed by atoms with Crippen LogP contribution in [0, 0.1) is 0 Å². The van der Waals surface area contributed by atoms with Crippen LogP contribution in [0.5, 0.6) is 0 Å².